The van der Waals surface area contributed by atoms with E-state index < -0.39 is 12.7 Å². The minimum atomic E-state index is -4.15. The molecule has 3 rings (SSSR count). The third-order valence-corrected chi connectivity index (χ3v) is 3.74. The van der Waals surface area contributed by atoms with Gasteiger partial charge in [-0.3, -0.25) is 4.90 Å². The fraction of sp³-hybridized carbons (Fsp3) is 0.538. The van der Waals surface area contributed by atoms with Gasteiger partial charge in [-0.05, 0) is 25.5 Å². The zero-order valence-electron chi connectivity index (χ0n) is 11.3. The Bertz CT molecular complexity index is 609. The number of alkyl halides is 3. The zero-order valence-corrected chi connectivity index (χ0v) is 11.3. The summed E-state index contributed by atoms with van der Waals surface area (Å²) in [6.07, 6.45) is 0.612. The van der Waals surface area contributed by atoms with Gasteiger partial charge in [0, 0.05) is 18.8 Å². The number of hydrogen-bond acceptors (Lipinski definition) is 4. The first-order valence-corrected chi connectivity index (χ1v) is 6.86. The molecule has 114 valence electrons. The van der Waals surface area contributed by atoms with Gasteiger partial charge in [0.2, 0.25) is 0 Å². The maximum absolute atomic E-state index is 12.5. The number of hydrogen-bond donors (Lipinski definition) is 2. The Morgan fingerprint density at radius 3 is 3.05 bits per heavy atom. The number of H-pyrrole nitrogens is 1. The quantitative estimate of drug-likeness (QED) is 0.910. The van der Waals surface area contributed by atoms with Gasteiger partial charge in [-0.25, -0.2) is 9.97 Å². The molecule has 0 spiro atoms. The molecule has 5 nitrogen and oxygen atoms in total. The number of halogens is 3. The summed E-state index contributed by atoms with van der Waals surface area (Å²) in [5.74, 6) is 0.653. The fourth-order valence-corrected chi connectivity index (χ4v) is 2.79. The van der Waals surface area contributed by atoms with E-state index in [9.17, 15) is 13.2 Å². The maximum atomic E-state index is 12.5. The van der Waals surface area contributed by atoms with Gasteiger partial charge in [-0.1, -0.05) is 0 Å². The fourth-order valence-electron chi connectivity index (χ4n) is 2.79. The van der Waals surface area contributed by atoms with Gasteiger partial charge >= 0.3 is 6.18 Å². The van der Waals surface area contributed by atoms with Crippen molar-refractivity contribution in [3.63, 3.8) is 0 Å². The first kappa shape index (κ1) is 14.1. The molecule has 1 aliphatic heterocycles. The molecule has 0 saturated carbocycles. The molecule has 0 radical (unpaired) electrons. The van der Waals surface area contributed by atoms with Crippen LogP contribution in [0.1, 0.15) is 12.8 Å². The van der Waals surface area contributed by atoms with Crippen LogP contribution in [0.15, 0.2) is 18.6 Å². The number of fused-ring (bicyclic) bond motifs is 1. The molecule has 8 heteroatoms. The second kappa shape index (κ2) is 5.51. The van der Waals surface area contributed by atoms with E-state index in [1.54, 1.807) is 6.20 Å². The number of aromatic amines is 1. The number of nitrogens with zero attached hydrogens (tertiary/aromatic N) is 3. The summed E-state index contributed by atoms with van der Waals surface area (Å²) < 4.78 is 37.6. The SMILES string of the molecule is FC(F)(F)CN1CCCC1CNc1ncnc2[nH]ccc12. The molecule has 1 atom stereocenters. The maximum Gasteiger partial charge on any atom is 0.401 e. The summed E-state index contributed by atoms with van der Waals surface area (Å²) in [6.45, 7) is 0.102. The average Bonchev–Trinajstić information content (AvgIpc) is 3.03. The molecule has 21 heavy (non-hydrogen) atoms. The normalized spacial score (nSPS) is 20.2. The molecule has 1 unspecified atom stereocenters. The lowest BCUT2D eigenvalue weighted by atomic mass is 10.2. The standard InChI is InChI=1S/C13H16F3N5/c14-13(15,16)7-21-5-1-2-9(21)6-18-12-10-3-4-17-11(10)19-8-20-12/h3-4,8-9H,1-2,5-7H2,(H2,17,18,19,20). The van der Waals surface area contributed by atoms with Crippen molar-refractivity contribution in [1.82, 2.24) is 19.9 Å². The summed E-state index contributed by atoms with van der Waals surface area (Å²) in [4.78, 5) is 12.7. The van der Waals surface area contributed by atoms with Crippen LogP contribution in [0.2, 0.25) is 0 Å². The molecule has 0 aromatic carbocycles. The van der Waals surface area contributed by atoms with Gasteiger partial charge in [0.05, 0.1) is 11.9 Å². The first-order valence-electron chi connectivity index (χ1n) is 6.86. The van der Waals surface area contributed by atoms with Crippen LogP contribution in [-0.2, 0) is 0 Å². The van der Waals surface area contributed by atoms with Crippen molar-refractivity contribution >= 4 is 16.9 Å². The van der Waals surface area contributed by atoms with Crippen LogP contribution in [-0.4, -0.2) is 51.7 Å². The van der Waals surface area contributed by atoms with E-state index >= 15 is 0 Å². The lowest BCUT2D eigenvalue weighted by molar-refractivity contribution is -0.147. The number of anilines is 1. The van der Waals surface area contributed by atoms with Crippen LogP contribution in [0.5, 0.6) is 0 Å². The predicted molar refractivity (Wildman–Crippen MR) is 73.0 cm³/mol. The summed E-state index contributed by atoms with van der Waals surface area (Å²) in [5.41, 5.74) is 0.714. The third-order valence-electron chi connectivity index (χ3n) is 3.74. The van der Waals surface area contributed by atoms with Crippen LogP contribution in [0, 0.1) is 0 Å². The van der Waals surface area contributed by atoms with Gasteiger partial charge in [-0.15, -0.1) is 0 Å². The average molecular weight is 299 g/mol. The minimum absolute atomic E-state index is 0.115. The molecule has 1 saturated heterocycles. The van der Waals surface area contributed by atoms with Gasteiger partial charge in [0.15, 0.2) is 0 Å². The highest BCUT2D eigenvalue weighted by Gasteiger charge is 2.35. The second-order valence-corrected chi connectivity index (χ2v) is 5.22. The van der Waals surface area contributed by atoms with Gasteiger partial charge < -0.3 is 10.3 Å². The van der Waals surface area contributed by atoms with Crippen LogP contribution >= 0.6 is 0 Å². The lowest BCUT2D eigenvalue weighted by Crippen LogP contribution is -2.41. The van der Waals surface area contributed by atoms with E-state index in [1.807, 2.05) is 6.07 Å². The van der Waals surface area contributed by atoms with E-state index in [0.717, 1.165) is 18.2 Å². The lowest BCUT2D eigenvalue weighted by Gasteiger charge is -2.25. The van der Waals surface area contributed by atoms with Crippen LogP contribution < -0.4 is 5.32 Å². The largest absolute Gasteiger partial charge is 0.401 e. The Kier molecular flexibility index (Phi) is 3.71. The van der Waals surface area contributed by atoms with Crippen LogP contribution in [0.3, 0.4) is 0 Å². The number of likely N-dealkylation sites (tertiary alicyclic amines) is 1. The van der Waals surface area contributed by atoms with Crippen molar-refractivity contribution in [1.29, 1.82) is 0 Å². The molecule has 2 aromatic rings. The Balaban J connectivity index is 1.65. The Morgan fingerprint density at radius 1 is 1.38 bits per heavy atom. The Morgan fingerprint density at radius 2 is 2.24 bits per heavy atom. The Hall–Kier alpha value is -1.83. The van der Waals surface area contributed by atoms with Crippen LogP contribution in [0.25, 0.3) is 11.0 Å². The highest BCUT2D eigenvalue weighted by Crippen LogP contribution is 2.25. The molecule has 0 bridgehead atoms. The zero-order chi connectivity index (χ0) is 14.9. The van der Waals surface area contributed by atoms with E-state index in [0.29, 0.717) is 24.6 Å². The van der Waals surface area contributed by atoms with E-state index in [2.05, 4.69) is 20.3 Å². The highest BCUT2D eigenvalue weighted by atomic mass is 19.4. The van der Waals surface area contributed by atoms with Gasteiger partial charge in [0.25, 0.3) is 0 Å². The summed E-state index contributed by atoms with van der Waals surface area (Å²) >= 11 is 0. The topological polar surface area (TPSA) is 56.8 Å². The van der Waals surface area contributed by atoms with E-state index in [1.165, 1.54) is 11.2 Å². The summed E-state index contributed by atoms with van der Waals surface area (Å²) in [6, 6.07) is 1.73. The highest BCUT2D eigenvalue weighted by molar-refractivity contribution is 5.86. The van der Waals surface area contributed by atoms with Crippen molar-refractivity contribution in [2.75, 3.05) is 25.0 Å². The van der Waals surface area contributed by atoms with Crippen molar-refractivity contribution in [2.45, 2.75) is 25.1 Å². The molecule has 1 aliphatic rings. The molecule has 1 fully saturated rings. The van der Waals surface area contributed by atoms with Crippen molar-refractivity contribution in [3.05, 3.63) is 18.6 Å². The first-order chi connectivity index (χ1) is 10.0. The molecule has 2 N–H and O–H groups in total. The van der Waals surface area contributed by atoms with Crippen molar-refractivity contribution in [3.8, 4) is 0 Å². The Labute approximate surface area is 119 Å². The van der Waals surface area contributed by atoms with Gasteiger partial charge in [-0.2, -0.15) is 13.2 Å². The number of aromatic nitrogens is 3. The molecule has 3 heterocycles. The van der Waals surface area contributed by atoms with Gasteiger partial charge in [0.1, 0.15) is 17.8 Å². The van der Waals surface area contributed by atoms with Crippen LogP contribution in [0.4, 0.5) is 19.0 Å². The third kappa shape index (κ3) is 3.26. The van der Waals surface area contributed by atoms with Crippen molar-refractivity contribution < 1.29 is 13.2 Å². The molecule has 0 amide bonds. The van der Waals surface area contributed by atoms with E-state index in [4.69, 9.17) is 0 Å². The monoisotopic (exact) mass is 299 g/mol. The number of rotatable bonds is 4. The molecule has 2 aromatic heterocycles. The molecular formula is C13H16F3N5. The number of nitrogens with one attached hydrogen (secondary N) is 2. The minimum Gasteiger partial charge on any atom is -0.368 e. The smallest absolute Gasteiger partial charge is 0.368 e. The molecule has 0 aliphatic carbocycles. The molecular weight excluding hydrogens is 283 g/mol. The van der Waals surface area contributed by atoms with Crippen molar-refractivity contribution in [2.24, 2.45) is 0 Å². The summed E-state index contributed by atoms with van der Waals surface area (Å²) in [5, 5.41) is 4.00. The van der Waals surface area contributed by atoms with E-state index in [-0.39, 0.29) is 6.04 Å². The summed E-state index contributed by atoms with van der Waals surface area (Å²) in [7, 11) is 0. The predicted octanol–water partition coefficient (Wildman–Crippen LogP) is 2.40. The second-order valence-electron chi connectivity index (χ2n) is 5.22.